The van der Waals surface area contributed by atoms with Crippen LogP contribution in [0.4, 0.5) is 10.1 Å². The largest absolute Gasteiger partial charge is 0.493 e. The van der Waals surface area contributed by atoms with Crippen molar-refractivity contribution in [3.05, 3.63) is 61.9 Å². The number of hydrogen-bond acceptors (Lipinski definition) is 5. The molecule has 0 atom stereocenters. The molecule has 6 nitrogen and oxygen atoms in total. The van der Waals surface area contributed by atoms with Crippen molar-refractivity contribution in [2.75, 3.05) is 14.2 Å². The van der Waals surface area contributed by atoms with E-state index in [9.17, 15) is 14.5 Å². The topological polar surface area (TPSA) is 73.6 Å². The van der Waals surface area contributed by atoms with Crippen LogP contribution in [0.25, 0.3) is 0 Å². The number of benzene rings is 2. The van der Waals surface area contributed by atoms with Gasteiger partial charge in [-0.2, -0.15) is 0 Å². The summed E-state index contributed by atoms with van der Waals surface area (Å²) in [6.07, 6.45) is 0. The van der Waals surface area contributed by atoms with Gasteiger partial charge in [0.05, 0.1) is 25.2 Å². The predicted octanol–water partition coefficient (Wildman–Crippen LogP) is 3.80. The lowest BCUT2D eigenvalue weighted by molar-refractivity contribution is -0.385. The lowest BCUT2D eigenvalue weighted by atomic mass is 10.1. The van der Waals surface area contributed by atoms with Crippen LogP contribution in [0.1, 0.15) is 11.1 Å². The maximum absolute atomic E-state index is 13.3. The van der Waals surface area contributed by atoms with Crippen molar-refractivity contribution in [1.29, 1.82) is 0 Å². The Hall–Kier alpha value is -2.19. The molecule has 0 radical (unpaired) electrons. The smallest absolute Gasteiger partial charge is 0.277 e. The molecule has 2 aromatic carbocycles. The Bertz CT molecular complexity index is 755. The summed E-state index contributed by atoms with van der Waals surface area (Å²) in [5.41, 5.74) is 1.10. The van der Waals surface area contributed by atoms with Crippen LogP contribution in [-0.2, 0) is 13.1 Å². The maximum atomic E-state index is 13.3. The van der Waals surface area contributed by atoms with E-state index in [0.717, 1.165) is 10.0 Å². The van der Waals surface area contributed by atoms with Crippen LogP contribution in [0.2, 0.25) is 0 Å². The monoisotopic (exact) mass is 398 g/mol. The average molecular weight is 399 g/mol. The zero-order valence-electron chi connectivity index (χ0n) is 13.1. The van der Waals surface area contributed by atoms with Gasteiger partial charge in [0.2, 0.25) is 0 Å². The highest BCUT2D eigenvalue weighted by molar-refractivity contribution is 9.10. The van der Waals surface area contributed by atoms with E-state index in [-0.39, 0.29) is 18.0 Å². The Morgan fingerprint density at radius 3 is 2.38 bits per heavy atom. The second-order valence-corrected chi connectivity index (χ2v) is 5.79. The third kappa shape index (κ3) is 4.21. The first kappa shape index (κ1) is 18.2. The number of nitro groups is 1. The molecule has 0 aliphatic carbocycles. The third-order valence-corrected chi connectivity index (χ3v) is 4.19. The Kier molecular flexibility index (Phi) is 6.10. The molecule has 0 amide bonds. The number of hydrogen-bond donors (Lipinski definition) is 1. The maximum Gasteiger partial charge on any atom is 0.277 e. The van der Waals surface area contributed by atoms with Crippen LogP contribution >= 0.6 is 15.9 Å². The van der Waals surface area contributed by atoms with Crippen LogP contribution in [0, 0.1) is 15.9 Å². The highest BCUT2D eigenvalue weighted by atomic mass is 79.9. The normalized spacial score (nSPS) is 10.5. The Balaban J connectivity index is 2.19. The van der Waals surface area contributed by atoms with Crippen molar-refractivity contribution in [2.24, 2.45) is 0 Å². The molecule has 0 aromatic heterocycles. The minimum absolute atomic E-state index is 0.0709. The minimum Gasteiger partial charge on any atom is -0.493 e. The zero-order chi connectivity index (χ0) is 17.7. The van der Waals surface area contributed by atoms with Crippen LogP contribution in [0.5, 0.6) is 11.5 Å². The second kappa shape index (κ2) is 8.07. The molecule has 24 heavy (non-hydrogen) atoms. The van der Waals surface area contributed by atoms with Gasteiger partial charge in [-0.1, -0.05) is 15.9 Å². The van der Waals surface area contributed by atoms with E-state index in [0.29, 0.717) is 23.6 Å². The van der Waals surface area contributed by atoms with E-state index < -0.39 is 4.92 Å². The molecule has 2 aromatic rings. The molecule has 8 heteroatoms. The fourth-order valence-corrected chi connectivity index (χ4v) is 2.62. The van der Waals surface area contributed by atoms with Gasteiger partial charge < -0.3 is 14.8 Å². The summed E-state index contributed by atoms with van der Waals surface area (Å²) in [7, 11) is 2.88. The molecular weight excluding hydrogens is 383 g/mol. The zero-order valence-corrected chi connectivity index (χ0v) is 14.7. The number of halogens is 2. The average Bonchev–Trinajstić information content (AvgIpc) is 2.57. The molecule has 0 saturated carbocycles. The Morgan fingerprint density at radius 1 is 1.12 bits per heavy atom. The number of nitrogens with one attached hydrogen (secondary N) is 1. The van der Waals surface area contributed by atoms with Crippen molar-refractivity contribution < 1.29 is 18.8 Å². The van der Waals surface area contributed by atoms with E-state index >= 15 is 0 Å². The number of nitrogens with zero attached hydrogens (tertiary/aromatic N) is 1. The summed E-state index contributed by atoms with van der Waals surface area (Å²) in [5.74, 6) is 0.361. The van der Waals surface area contributed by atoms with Gasteiger partial charge in [-0.25, -0.2) is 4.39 Å². The molecule has 0 unspecified atom stereocenters. The lowest BCUT2D eigenvalue weighted by Crippen LogP contribution is -2.14. The van der Waals surface area contributed by atoms with E-state index in [2.05, 4.69) is 21.2 Å². The van der Waals surface area contributed by atoms with Gasteiger partial charge in [-0.15, -0.1) is 0 Å². The first-order valence-electron chi connectivity index (χ1n) is 7.00. The number of methoxy groups -OCH3 is 2. The highest BCUT2D eigenvalue weighted by Gasteiger charge is 2.19. The van der Waals surface area contributed by atoms with Gasteiger partial charge in [-0.05, 0) is 29.8 Å². The SMILES string of the molecule is COc1cc(CNCc2cc(F)ccc2Br)c([N+](=O)[O-])cc1OC. The lowest BCUT2D eigenvalue weighted by Gasteiger charge is -2.12. The van der Waals surface area contributed by atoms with Gasteiger partial charge in [0.25, 0.3) is 5.69 Å². The van der Waals surface area contributed by atoms with E-state index in [1.165, 1.54) is 32.4 Å². The fraction of sp³-hybridized carbons (Fsp3) is 0.250. The Morgan fingerprint density at radius 2 is 1.75 bits per heavy atom. The van der Waals surface area contributed by atoms with Crippen molar-refractivity contribution in [1.82, 2.24) is 5.32 Å². The molecule has 0 aliphatic heterocycles. The van der Waals surface area contributed by atoms with Crippen molar-refractivity contribution in [3.63, 3.8) is 0 Å². The Labute approximate surface area is 146 Å². The summed E-state index contributed by atoms with van der Waals surface area (Å²) >= 11 is 3.34. The summed E-state index contributed by atoms with van der Waals surface area (Å²) in [5, 5.41) is 14.3. The molecule has 128 valence electrons. The summed E-state index contributed by atoms with van der Waals surface area (Å²) in [4.78, 5) is 10.8. The van der Waals surface area contributed by atoms with Gasteiger partial charge in [0, 0.05) is 23.1 Å². The molecule has 1 N–H and O–H groups in total. The summed E-state index contributed by atoms with van der Waals surface area (Å²) in [6.45, 7) is 0.573. The highest BCUT2D eigenvalue weighted by Crippen LogP contribution is 2.34. The van der Waals surface area contributed by atoms with Crippen LogP contribution in [-0.4, -0.2) is 19.1 Å². The van der Waals surface area contributed by atoms with Crippen LogP contribution < -0.4 is 14.8 Å². The van der Waals surface area contributed by atoms with Crippen molar-refractivity contribution >= 4 is 21.6 Å². The number of nitro benzene ring substituents is 1. The molecular formula is C16H16BrFN2O4. The van der Waals surface area contributed by atoms with Crippen LogP contribution in [0.15, 0.2) is 34.8 Å². The molecule has 0 heterocycles. The second-order valence-electron chi connectivity index (χ2n) is 4.93. The summed E-state index contributed by atoms with van der Waals surface area (Å²) < 4.78 is 24.3. The van der Waals surface area contributed by atoms with Crippen LogP contribution in [0.3, 0.4) is 0 Å². The standard InChI is InChI=1S/C16H16BrFN2O4/c1-23-15-6-11(14(20(21)22)7-16(15)24-2)9-19-8-10-5-12(18)3-4-13(10)17/h3-7,19H,8-9H2,1-2H3. The first-order chi connectivity index (χ1) is 11.5. The van der Waals surface area contributed by atoms with Gasteiger partial charge >= 0.3 is 0 Å². The molecule has 0 saturated heterocycles. The fourth-order valence-electron chi connectivity index (χ4n) is 2.23. The molecule has 0 fully saturated rings. The predicted molar refractivity (Wildman–Crippen MR) is 90.8 cm³/mol. The van der Waals surface area contributed by atoms with Gasteiger partial charge in [0.1, 0.15) is 5.82 Å². The van der Waals surface area contributed by atoms with Crippen molar-refractivity contribution in [3.8, 4) is 11.5 Å². The van der Waals surface area contributed by atoms with E-state index in [4.69, 9.17) is 9.47 Å². The minimum atomic E-state index is -0.475. The number of rotatable bonds is 7. The summed E-state index contributed by atoms with van der Waals surface area (Å²) in [6, 6.07) is 7.26. The quantitative estimate of drug-likeness (QED) is 0.566. The van der Waals surface area contributed by atoms with Gasteiger partial charge in [-0.3, -0.25) is 10.1 Å². The molecule has 0 aliphatic rings. The first-order valence-corrected chi connectivity index (χ1v) is 7.79. The number of ether oxygens (including phenoxy) is 2. The molecule has 2 rings (SSSR count). The van der Waals surface area contributed by atoms with Crippen molar-refractivity contribution in [2.45, 2.75) is 13.1 Å². The van der Waals surface area contributed by atoms with E-state index in [1.807, 2.05) is 0 Å². The third-order valence-electron chi connectivity index (χ3n) is 3.42. The molecule has 0 spiro atoms. The molecule has 0 bridgehead atoms. The van der Waals surface area contributed by atoms with E-state index in [1.54, 1.807) is 12.1 Å². The van der Waals surface area contributed by atoms with Gasteiger partial charge in [0.15, 0.2) is 11.5 Å².